The Balaban J connectivity index is 2.11. The maximum atomic E-state index is 11.3. The molecule has 0 aromatic heterocycles. The minimum atomic E-state index is -1.17. The van der Waals surface area contributed by atoms with Crippen molar-refractivity contribution in [2.24, 2.45) is 0 Å². The van der Waals surface area contributed by atoms with Gasteiger partial charge in [0.25, 0.3) is 0 Å². The molecule has 3 aromatic carbocycles. The largest absolute Gasteiger partial charge is 0.507 e. The van der Waals surface area contributed by atoms with Crippen LogP contribution in [-0.2, 0) is 5.41 Å². The van der Waals surface area contributed by atoms with Crippen molar-refractivity contribution in [2.75, 3.05) is 0 Å². The molecule has 0 aliphatic carbocycles. The van der Waals surface area contributed by atoms with Crippen molar-refractivity contribution in [3.63, 3.8) is 0 Å². The number of hydrogen-bond donors (Lipinski definition) is 3. The van der Waals surface area contributed by atoms with Gasteiger partial charge in [0.15, 0.2) is 0 Å². The summed E-state index contributed by atoms with van der Waals surface area (Å²) < 4.78 is 0. The van der Waals surface area contributed by atoms with Crippen molar-refractivity contribution < 1.29 is 20.1 Å². The number of rotatable bonds is 4. The highest BCUT2D eigenvalue weighted by molar-refractivity contribution is 5.91. The molecule has 0 aliphatic rings. The summed E-state index contributed by atoms with van der Waals surface area (Å²) in [5, 5.41) is 29.3. The SMILES string of the molecule is CC(C)(c1ccc(O)c(C(=O)O)c1)c1ccc(O)c(-c2ccccc2)c1. The zero-order valence-corrected chi connectivity index (χ0v) is 14.6. The summed E-state index contributed by atoms with van der Waals surface area (Å²) in [5.41, 5.74) is 2.66. The van der Waals surface area contributed by atoms with Gasteiger partial charge < -0.3 is 15.3 Å². The van der Waals surface area contributed by atoms with Crippen LogP contribution in [0.25, 0.3) is 11.1 Å². The number of phenols is 2. The Morgan fingerprint density at radius 2 is 1.38 bits per heavy atom. The fourth-order valence-electron chi connectivity index (χ4n) is 3.04. The number of carboxylic acids is 1. The van der Waals surface area contributed by atoms with Crippen LogP contribution >= 0.6 is 0 Å². The molecule has 3 N–H and O–H groups in total. The van der Waals surface area contributed by atoms with Crippen molar-refractivity contribution in [2.45, 2.75) is 19.3 Å². The van der Waals surface area contributed by atoms with E-state index >= 15 is 0 Å². The third-order valence-corrected chi connectivity index (χ3v) is 4.75. The molecule has 0 fully saturated rings. The lowest BCUT2D eigenvalue weighted by molar-refractivity contribution is 0.0693. The Labute approximate surface area is 152 Å². The first-order valence-corrected chi connectivity index (χ1v) is 8.26. The average molecular weight is 348 g/mol. The Bertz CT molecular complexity index is 959. The van der Waals surface area contributed by atoms with Crippen LogP contribution in [-0.4, -0.2) is 21.3 Å². The van der Waals surface area contributed by atoms with Crippen LogP contribution in [0.2, 0.25) is 0 Å². The van der Waals surface area contributed by atoms with E-state index < -0.39 is 11.4 Å². The summed E-state index contributed by atoms with van der Waals surface area (Å²) in [6, 6.07) is 19.6. The smallest absolute Gasteiger partial charge is 0.339 e. The van der Waals surface area contributed by atoms with Crippen LogP contribution in [0, 0.1) is 0 Å². The molecule has 4 nitrogen and oxygen atoms in total. The summed E-state index contributed by atoms with van der Waals surface area (Å²) in [7, 11) is 0. The van der Waals surface area contributed by atoms with Gasteiger partial charge >= 0.3 is 5.97 Å². The van der Waals surface area contributed by atoms with Crippen molar-refractivity contribution >= 4 is 5.97 Å². The number of carboxylic acid groups (broad SMARTS) is 1. The lowest BCUT2D eigenvalue weighted by Gasteiger charge is -2.27. The van der Waals surface area contributed by atoms with E-state index in [0.29, 0.717) is 5.56 Å². The maximum absolute atomic E-state index is 11.3. The number of carbonyl (C=O) groups is 1. The molecule has 0 spiro atoms. The first-order valence-electron chi connectivity index (χ1n) is 8.26. The number of phenolic OH excluding ortho intramolecular Hbond substituents is 1. The zero-order valence-electron chi connectivity index (χ0n) is 14.6. The normalized spacial score (nSPS) is 11.3. The van der Waals surface area contributed by atoms with Gasteiger partial charge in [-0.3, -0.25) is 0 Å². The fraction of sp³-hybridized carbons (Fsp3) is 0.136. The molecule has 0 bridgehead atoms. The first kappa shape index (κ1) is 17.5. The van der Waals surface area contributed by atoms with Crippen LogP contribution in [0.5, 0.6) is 11.5 Å². The number of hydrogen-bond acceptors (Lipinski definition) is 3. The Kier molecular flexibility index (Phi) is 4.43. The van der Waals surface area contributed by atoms with Gasteiger partial charge in [-0.1, -0.05) is 56.3 Å². The third kappa shape index (κ3) is 3.14. The van der Waals surface area contributed by atoms with E-state index in [1.54, 1.807) is 12.1 Å². The van der Waals surface area contributed by atoms with Crippen molar-refractivity contribution in [1.82, 2.24) is 0 Å². The molecule has 0 amide bonds. The van der Waals surface area contributed by atoms with E-state index in [0.717, 1.165) is 16.7 Å². The summed E-state index contributed by atoms with van der Waals surface area (Å²) >= 11 is 0. The topological polar surface area (TPSA) is 77.8 Å². The van der Waals surface area contributed by atoms with E-state index in [1.165, 1.54) is 12.1 Å². The van der Waals surface area contributed by atoms with Gasteiger partial charge in [-0.15, -0.1) is 0 Å². The molecular weight excluding hydrogens is 328 g/mol. The fourth-order valence-corrected chi connectivity index (χ4v) is 3.04. The summed E-state index contributed by atoms with van der Waals surface area (Å²) in [4.78, 5) is 11.3. The molecule has 3 aromatic rings. The highest BCUT2D eigenvalue weighted by atomic mass is 16.4. The van der Waals surface area contributed by atoms with E-state index in [-0.39, 0.29) is 17.1 Å². The minimum absolute atomic E-state index is 0.127. The van der Waals surface area contributed by atoms with Crippen LogP contribution in [0.1, 0.15) is 35.3 Å². The lowest BCUT2D eigenvalue weighted by atomic mass is 9.76. The summed E-state index contributed by atoms with van der Waals surface area (Å²) in [6.07, 6.45) is 0. The van der Waals surface area contributed by atoms with Gasteiger partial charge in [-0.2, -0.15) is 0 Å². The molecule has 0 unspecified atom stereocenters. The average Bonchev–Trinajstić information content (AvgIpc) is 2.62. The van der Waals surface area contributed by atoms with Crippen molar-refractivity contribution in [1.29, 1.82) is 0 Å². The number of benzene rings is 3. The van der Waals surface area contributed by atoms with Gasteiger partial charge in [0.05, 0.1) is 0 Å². The molecule has 4 heteroatoms. The molecule has 0 radical (unpaired) electrons. The van der Waals surface area contributed by atoms with Crippen LogP contribution in [0.3, 0.4) is 0 Å². The molecule has 0 saturated carbocycles. The quantitative estimate of drug-likeness (QED) is 0.633. The van der Waals surface area contributed by atoms with Crippen LogP contribution < -0.4 is 0 Å². The standard InChI is InChI=1S/C22H20O4/c1-22(2,16-9-11-20(24)18(13-16)21(25)26)15-8-10-19(23)17(12-15)14-6-4-3-5-7-14/h3-13,23-24H,1-2H3,(H,25,26). The Morgan fingerprint density at radius 1 is 0.808 bits per heavy atom. The highest BCUT2D eigenvalue weighted by Crippen LogP contribution is 2.38. The molecule has 0 aliphatic heterocycles. The van der Waals surface area contributed by atoms with Crippen LogP contribution in [0.4, 0.5) is 0 Å². The predicted molar refractivity (Wildman–Crippen MR) is 101 cm³/mol. The number of aromatic carboxylic acids is 1. The number of aromatic hydroxyl groups is 2. The molecular formula is C22H20O4. The summed E-state index contributed by atoms with van der Waals surface area (Å²) in [6.45, 7) is 3.96. The monoisotopic (exact) mass is 348 g/mol. The third-order valence-electron chi connectivity index (χ3n) is 4.75. The van der Waals surface area contributed by atoms with Gasteiger partial charge in [-0.25, -0.2) is 4.79 Å². The van der Waals surface area contributed by atoms with E-state index in [1.807, 2.05) is 56.3 Å². The molecule has 0 saturated heterocycles. The second-order valence-electron chi connectivity index (χ2n) is 6.76. The minimum Gasteiger partial charge on any atom is -0.507 e. The molecule has 3 rings (SSSR count). The van der Waals surface area contributed by atoms with Gasteiger partial charge in [-0.05, 0) is 41.0 Å². The maximum Gasteiger partial charge on any atom is 0.339 e. The second kappa shape index (κ2) is 6.56. The van der Waals surface area contributed by atoms with E-state index in [2.05, 4.69) is 0 Å². The van der Waals surface area contributed by atoms with E-state index in [9.17, 15) is 20.1 Å². The van der Waals surface area contributed by atoms with Gasteiger partial charge in [0.1, 0.15) is 17.1 Å². The highest BCUT2D eigenvalue weighted by Gasteiger charge is 2.26. The Hall–Kier alpha value is -3.27. The lowest BCUT2D eigenvalue weighted by Crippen LogP contribution is -2.19. The molecule has 0 heterocycles. The van der Waals surface area contributed by atoms with Crippen molar-refractivity contribution in [3.05, 3.63) is 83.4 Å². The Morgan fingerprint density at radius 3 is 2.00 bits per heavy atom. The second-order valence-corrected chi connectivity index (χ2v) is 6.76. The summed E-state index contributed by atoms with van der Waals surface area (Å²) in [5.74, 6) is -1.24. The molecule has 132 valence electrons. The first-order chi connectivity index (χ1) is 12.3. The van der Waals surface area contributed by atoms with Crippen LogP contribution in [0.15, 0.2) is 66.7 Å². The van der Waals surface area contributed by atoms with Gasteiger partial charge in [0.2, 0.25) is 0 Å². The molecule has 0 atom stereocenters. The zero-order chi connectivity index (χ0) is 18.9. The predicted octanol–water partition coefficient (Wildman–Crippen LogP) is 4.79. The van der Waals surface area contributed by atoms with Gasteiger partial charge in [0, 0.05) is 11.0 Å². The van der Waals surface area contributed by atoms with Crippen molar-refractivity contribution in [3.8, 4) is 22.6 Å². The molecule has 26 heavy (non-hydrogen) atoms. The van der Waals surface area contributed by atoms with E-state index in [4.69, 9.17) is 0 Å².